The highest BCUT2D eigenvalue weighted by molar-refractivity contribution is 5.93. The number of nitrogen functional groups attached to an aromatic ring is 1. The fourth-order valence-electron chi connectivity index (χ4n) is 1.30. The van der Waals surface area contributed by atoms with Gasteiger partial charge < -0.3 is 10.5 Å². The Morgan fingerprint density at radius 1 is 1.47 bits per heavy atom. The largest absolute Gasteiger partial charge is 0.461 e. The van der Waals surface area contributed by atoms with Crippen molar-refractivity contribution in [3.05, 3.63) is 23.0 Å². The number of esters is 1. The standard InChI is InChI=1S/C10H9F5N2O2/c1-2-19-9(18)7-5(16)3-4(10(13,14)15)6(17-7)8(11)12/h3,8H,2,16H2,1H3. The van der Waals surface area contributed by atoms with Crippen molar-refractivity contribution < 1.29 is 31.5 Å². The number of anilines is 1. The van der Waals surface area contributed by atoms with Crippen molar-refractivity contribution in [3.63, 3.8) is 0 Å². The van der Waals surface area contributed by atoms with E-state index in [-0.39, 0.29) is 12.7 Å². The summed E-state index contributed by atoms with van der Waals surface area (Å²) < 4.78 is 67.2. The van der Waals surface area contributed by atoms with Gasteiger partial charge in [0.1, 0.15) is 5.69 Å². The highest BCUT2D eigenvalue weighted by Crippen LogP contribution is 2.37. The second-order valence-corrected chi connectivity index (χ2v) is 3.38. The van der Waals surface area contributed by atoms with E-state index in [4.69, 9.17) is 5.73 Å². The maximum atomic E-state index is 12.6. The minimum absolute atomic E-state index is 0.0923. The Kier molecular flexibility index (Phi) is 4.28. The molecule has 1 aromatic rings. The van der Waals surface area contributed by atoms with Gasteiger partial charge in [0.25, 0.3) is 6.43 Å². The molecule has 19 heavy (non-hydrogen) atoms. The molecule has 0 unspecified atom stereocenters. The first-order valence-corrected chi connectivity index (χ1v) is 5.01. The van der Waals surface area contributed by atoms with E-state index in [9.17, 15) is 26.7 Å². The molecule has 0 amide bonds. The lowest BCUT2D eigenvalue weighted by Gasteiger charge is -2.14. The Balaban J connectivity index is 3.41. The summed E-state index contributed by atoms with van der Waals surface area (Å²) in [6.07, 6.45) is -8.54. The maximum Gasteiger partial charge on any atom is 0.418 e. The minimum atomic E-state index is -5.04. The van der Waals surface area contributed by atoms with Crippen LogP contribution in [0.1, 0.15) is 35.1 Å². The zero-order valence-electron chi connectivity index (χ0n) is 9.59. The monoisotopic (exact) mass is 284 g/mol. The van der Waals surface area contributed by atoms with Crippen LogP contribution < -0.4 is 5.73 Å². The van der Waals surface area contributed by atoms with E-state index in [2.05, 4.69) is 9.72 Å². The van der Waals surface area contributed by atoms with Crippen molar-refractivity contribution in [2.45, 2.75) is 19.5 Å². The molecule has 0 aliphatic heterocycles. The number of pyridine rings is 1. The summed E-state index contributed by atoms with van der Waals surface area (Å²) in [6, 6.07) is 0.251. The number of aromatic nitrogens is 1. The number of nitrogens with two attached hydrogens (primary N) is 1. The fourth-order valence-corrected chi connectivity index (χ4v) is 1.30. The van der Waals surface area contributed by atoms with Crippen molar-refractivity contribution in [3.8, 4) is 0 Å². The Morgan fingerprint density at radius 2 is 2.05 bits per heavy atom. The van der Waals surface area contributed by atoms with E-state index in [0.29, 0.717) is 0 Å². The van der Waals surface area contributed by atoms with Gasteiger partial charge >= 0.3 is 12.1 Å². The van der Waals surface area contributed by atoms with Crippen LogP contribution in [-0.2, 0) is 10.9 Å². The van der Waals surface area contributed by atoms with Gasteiger partial charge in [0.2, 0.25) is 0 Å². The third-order valence-corrected chi connectivity index (χ3v) is 2.06. The van der Waals surface area contributed by atoms with Crippen molar-refractivity contribution in [2.24, 2.45) is 0 Å². The van der Waals surface area contributed by atoms with Gasteiger partial charge in [0, 0.05) is 0 Å². The molecule has 0 radical (unpaired) electrons. The molecular formula is C10H9F5N2O2. The van der Waals surface area contributed by atoms with Gasteiger partial charge in [-0.2, -0.15) is 13.2 Å². The van der Waals surface area contributed by atoms with Gasteiger partial charge in [-0.15, -0.1) is 0 Å². The summed E-state index contributed by atoms with van der Waals surface area (Å²) in [6.45, 7) is 1.34. The summed E-state index contributed by atoms with van der Waals surface area (Å²) in [5, 5.41) is 0. The first kappa shape index (κ1) is 15.1. The summed E-state index contributed by atoms with van der Waals surface area (Å²) >= 11 is 0. The molecule has 0 fully saturated rings. The summed E-state index contributed by atoms with van der Waals surface area (Å²) in [7, 11) is 0. The lowest BCUT2D eigenvalue weighted by Crippen LogP contribution is -2.17. The molecule has 0 saturated carbocycles. The number of carbonyl (C=O) groups is 1. The molecule has 0 aliphatic rings. The van der Waals surface area contributed by atoms with E-state index in [1.807, 2.05) is 0 Å². The number of nitrogens with zero attached hydrogens (tertiary/aromatic N) is 1. The van der Waals surface area contributed by atoms with Crippen LogP contribution in [-0.4, -0.2) is 17.6 Å². The summed E-state index contributed by atoms with van der Waals surface area (Å²) in [5.41, 5.74) is 0.556. The number of halogens is 5. The molecule has 0 saturated heterocycles. The average Bonchev–Trinajstić information content (AvgIpc) is 2.27. The zero-order chi connectivity index (χ0) is 14.8. The molecule has 1 aromatic heterocycles. The van der Waals surface area contributed by atoms with Crippen LogP contribution in [0.25, 0.3) is 0 Å². The lowest BCUT2D eigenvalue weighted by atomic mass is 10.1. The maximum absolute atomic E-state index is 12.6. The number of ether oxygens (including phenoxy) is 1. The van der Waals surface area contributed by atoms with E-state index in [0.717, 1.165) is 0 Å². The van der Waals surface area contributed by atoms with Gasteiger partial charge in [-0.25, -0.2) is 18.6 Å². The van der Waals surface area contributed by atoms with E-state index in [1.54, 1.807) is 0 Å². The van der Waals surface area contributed by atoms with Crippen LogP contribution in [0.15, 0.2) is 6.07 Å². The van der Waals surface area contributed by atoms with E-state index in [1.165, 1.54) is 6.92 Å². The molecule has 0 aromatic carbocycles. The highest BCUT2D eigenvalue weighted by Gasteiger charge is 2.38. The van der Waals surface area contributed by atoms with Gasteiger partial charge in [-0.05, 0) is 13.0 Å². The summed E-state index contributed by atoms with van der Waals surface area (Å²) in [4.78, 5) is 14.3. The number of alkyl halides is 5. The Hall–Kier alpha value is -1.93. The van der Waals surface area contributed by atoms with Gasteiger partial charge in [0.05, 0.1) is 17.9 Å². The molecule has 2 N–H and O–H groups in total. The molecule has 106 valence electrons. The Morgan fingerprint density at radius 3 is 2.47 bits per heavy atom. The van der Waals surface area contributed by atoms with Crippen molar-refractivity contribution in [1.82, 2.24) is 4.98 Å². The number of hydrogen-bond donors (Lipinski definition) is 1. The molecule has 0 bridgehead atoms. The van der Waals surface area contributed by atoms with Crippen molar-refractivity contribution >= 4 is 11.7 Å². The smallest absolute Gasteiger partial charge is 0.418 e. The van der Waals surface area contributed by atoms with Gasteiger partial charge in [0.15, 0.2) is 5.69 Å². The van der Waals surface area contributed by atoms with Crippen LogP contribution in [0.2, 0.25) is 0 Å². The summed E-state index contributed by atoms with van der Waals surface area (Å²) in [5.74, 6) is -1.16. The van der Waals surface area contributed by atoms with E-state index >= 15 is 0 Å². The number of rotatable bonds is 3. The fraction of sp³-hybridized carbons (Fsp3) is 0.400. The van der Waals surface area contributed by atoms with Crippen LogP contribution in [0.3, 0.4) is 0 Å². The number of hydrogen-bond acceptors (Lipinski definition) is 4. The number of carbonyl (C=O) groups excluding carboxylic acids is 1. The highest BCUT2D eigenvalue weighted by atomic mass is 19.4. The van der Waals surface area contributed by atoms with Crippen molar-refractivity contribution in [2.75, 3.05) is 12.3 Å². The third kappa shape index (κ3) is 3.30. The third-order valence-electron chi connectivity index (χ3n) is 2.06. The molecule has 1 heterocycles. The van der Waals surface area contributed by atoms with E-state index < -0.39 is 41.2 Å². The van der Waals surface area contributed by atoms with Crippen molar-refractivity contribution in [1.29, 1.82) is 0 Å². The van der Waals surface area contributed by atoms with Crippen LogP contribution >= 0.6 is 0 Å². The Bertz CT molecular complexity index is 488. The van der Waals surface area contributed by atoms with Gasteiger partial charge in [-0.3, -0.25) is 0 Å². The predicted molar refractivity (Wildman–Crippen MR) is 54.6 cm³/mol. The predicted octanol–water partition coefficient (Wildman–Crippen LogP) is 2.80. The first-order chi connectivity index (χ1) is 8.68. The van der Waals surface area contributed by atoms with Crippen LogP contribution in [0.5, 0.6) is 0 Å². The quantitative estimate of drug-likeness (QED) is 0.684. The molecule has 1 rings (SSSR count). The average molecular weight is 284 g/mol. The molecule has 4 nitrogen and oxygen atoms in total. The van der Waals surface area contributed by atoms with Crippen LogP contribution in [0.4, 0.5) is 27.6 Å². The molecular weight excluding hydrogens is 275 g/mol. The SMILES string of the molecule is CCOC(=O)c1nc(C(F)F)c(C(F)(F)F)cc1N. The lowest BCUT2D eigenvalue weighted by molar-refractivity contribution is -0.139. The molecule has 0 atom stereocenters. The molecule has 9 heteroatoms. The molecule has 0 aliphatic carbocycles. The first-order valence-electron chi connectivity index (χ1n) is 5.01. The second kappa shape index (κ2) is 5.37. The molecule has 0 spiro atoms. The van der Waals surface area contributed by atoms with Gasteiger partial charge in [-0.1, -0.05) is 0 Å². The minimum Gasteiger partial charge on any atom is -0.461 e. The topological polar surface area (TPSA) is 65.2 Å². The van der Waals surface area contributed by atoms with Crippen LogP contribution in [0, 0.1) is 0 Å². The Labute approximate surface area is 104 Å². The second-order valence-electron chi connectivity index (χ2n) is 3.38. The normalized spacial score (nSPS) is 11.7. The zero-order valence-corrected chi connectivity index (χ0v) is 9.59.